The van der Waals surface area contributed by atoms with Gasteiger partial charge in [-0.05, 0) is 43.7 Å². The van der Waals surface area contributed by atoms with Gasteiger partial charge in [0.05, 0.1) is 10.3 Å². The predicted molar refractivity (Wildman–Crippen MR) is 90.2 cm³/mol. The fraction of sp³-hybridized carbons (Fsp3) is 0.733. The molecule has 0 amide bonds. The molecule has 4 heteroatoms. The largest absolute Gasteiger partial charge is 0.233 e. The molecular weight excluding hydrogens is 272 g/mol. The monoisotopic (exact) mass is 296 g/mol. The van der Waals surface area contributed by atoms with Gasteiger partial charge in [0, 0.05) is 12.7 Å². The normalized spacial score (nSPS) is 10.1. The number of isothiocyanates is 2. The first-order chi connectivity index (χ1) is 9.41. The lowest BCUT2D eigenvalue weighted by Crippen LogP contribution is -1.83. The third kappa shape index (κ3) is 17.3. The first kappa shape index (κ1) is 18.3. The molecule has 0 aromatic rings. The molecule has 0 bridgehead atoms. The van der Waals surface area contributed by atoms with Crippen LogP contribution < -0.4 is 0 Å². The first-order valence-corrected chi connectivity index (χ1v) is 7.99. The maximum atomic E-state index is 4.52. The van der Waals surface area contributed by atoms with E-state index in [2.05, 4.69) is 50.8 Å². The molecule has 0 spiro atoms. The molecule has 19 heavy (non-hydrogen) atoms. The Bertz CT molecular complexity index is 314. The van der Waals surface area contributed by atoms with E-state index in [1.165, 1.54) is 51.4 Å². The molecule has 106 valence electrons. The number of rotatable bonds is 13. The summed E-state index contributed by atoms with van der Waals surface area (Å²) in [6.07, 6.45) is 16.6. The average molecular weight is 297 g/mol. The van der Waals surface area contributed by atoms with Crippen molar-refractivity contribution in [3.05, 3.63) is 12.3 Å². The molecule has 0 rings (SSSR count). The van der Waals surface area contributed by atoms with Crippen LogP contribution in [0.3, 0.4) is 0 Å². The minimum atomic E-state index is 0.851. The fourth-order valence-corrected chi connectivity index (χ4v) is 2.05. The second kappa shape index (κ2) is 17.3. The molecule has 0 aromatic heterocycles. The number of hydrogen-bond acceptors (Lipinski definition) is 4. The third-order valence-electron chi connectivity index (χ3n) is 2.94. The summed E-state index contributed by atoms with van der Waals surface area (Å²) in [5.41, 5.74) is 0. The SMILES string of the molecule is S=C=NC=CCCCCCCCCCCCN=C=S. The van der Waals surface area contributed by atoms with Crippen molar-refractivity contribution < 1.29 is 0 Å². The molecular formula is C15H24N2S2. The van der Waals surface area contributed by atoms with Crippen LogP contribution in [0.4, 0.5) is 0 Å². The smallest absolute Gasteiger partial charge is 0.0634 e. The van der Waals surface area contributed by atoms with Gasteiger partial charge >= 0.3 is 0 Å². The van der Waals surface area contributed by atoms with E-state index < -0.39 is 0 Å². The quantitative estimate of drug-likeness (QED) is 0.251. The first-order valence-electron chi connectivity index (χ1n) is 7.17. The van der Waals surface area contributed by atoms with Crippen LogP contribution in [0.5, 0.6) is 0 Å². The van der Waals surface area contributed by atoms with Crippen molar-refractivity contribution >= 4 is 34.8 Å². The van der Waals surface area contributed by atoms with Gasteiger partial charge in [0.15, 0.2) is 0 Å². The van der Waals surface area contributed by atoms with Crippen LogP contribution in [0.2, 0.25) is 0 Å². The number of aliphatic imine (C=N–C) groups is 2. The second-order valence-electron chi connectivity index (χ2n) is 4.55. The van der Waals surface area contributed by atoms with E-state index in [0.29, 0.717) is 0 Å². The molecule has 0 aliphatic carbocycles. The van der Waals surface area contributed by atoms with Gasteiger partial charge in [-0.25, -0.2) is 9.98 Å². The Morgan fingerprint density at radius 3 is 1.89 bits per heavy atom. The molecule has 0 atom stereocenters. The van der Waals surface area contributed by atoms with E-state index in [4.69, 9.17) is 0 Å². The Kier molecular flexibility index (Phi) is 16.7. The summed E-state index contributed by atoms with van der Waals surface area (Å²) in [7, 11) is 0. The lowest BCUT2D eigenvalue weighted by Gasteiger charge is -2.01. The van der Waals surface area contributed by atoms with Crippen molar-refractivity contribution in [2.24, 2.45) is 9.98 Å². The third-order valence-corrected chi connectivity index (χ3v) is 3.17. The van der Waals surface area contributed by atoms with E-state index in [1.807, 2.05) is 0 Å². The number of thiocarbonyl (C=S) groups is 2. The van der Waals surface area contributed by atoms with Crippen LogP contribution in [0.15, 0.2) is 22.3 Å². The number of hydrogen-bond donors (Lipinski definition) is 0. The molecule has 0 aromatic carbocycles. The molecule has 0 saturated carbocycles. The van der Waals surface area contributed by atoms with Crippen molar-refractivity contribution in [2.75, 3.05) is 6.54 Å². The molecule has 0 aliphatic rings. The zero-order valence-corrected chi connectivity index (χ0v) is 13.3. The van der Waals surface area contributed by atoms with Gasteiger partial charge in [0.1, 0.15) is 0 Å². The van der Waals surface area contributed by atoms with E-state index in [1.54, 1.807) is 6.20 Å². The molecule has 0 N–H and O–H groups in total. The lowest BCUT2D eigenvalue weighted by atomic mass is 10.1. The van der Waals surface area contributed by atoms with Crippen LogP contribution in [0.25, 0.3) is 0 Å². The van der Waals surface area contributed by atoms with Crippen LogP contribution in [-0.2, 0) is 0 Å². The number of nitrogens with zero attached hydrogens (tertiary/aromatic N) is 2. The van der Waals surface area contributed by atoms with Crippen LogP contribution in [0, 0.1) is 0 Å². The number of allylic oxidation sites excluding steroid dienone is 1. The van der Waals surface area contributed by atoms with Gasteiger partial charge in [-0.15, -0.1) is 0 Å². The molecule has 0 aliphatic heterocycles. The summed E-state index contributed by atoms with van der Waals surface area (Å²) in [5.74, 6) is 0. The van der Waals surface area contributed by atoms with Gasteiger partial charge in [-0.3, -0.25) is 0 Å². The molecule has 0 fully saturated rings. The molecule has 0 heterocycles. The zero-order chi connectivity index (χ0) is 14.0. The summed E-state index contributed by atoms with van der Waals surface area (Å²) < 4.78 is 0. The Morgan fingerprint density at radius 1 is 0.737 bits per heavy atom. The van der Waals surface area contributed by atoms with Gasteiger partial charge in [0.25, 0.3) is 0 Å². The van der Waals surface area contributed by atoms with Gasteiger partial charge in [-0.2, -0.15) is 0 Å². The highest BCUT2D eigenvalue weighted by molar-refractivity contribution is 7.78. The molecule has 2 nitrogen and oxygen atoms in total. The summed E-state index contributed by atoms with van der Waals surface area (Å²) in [4.78, 5) is 7.64. The Balaban J connectivity index is 3.06. The molecule has 0 saturated heterocycles. The maximum absolute atomic E-state index is 4.52. The van der Waals surface area contributed by atoms with Gasteiger partial charge in [-0.1, -0.05) is 51.0 Å². The van der Waals surface area contributed by atoms with E-state index in [0.717, 1.165) is 19.4 Å². The van der Waals surface area contributed by atoms with E-state index in [9.17, 15) is 0 Å². The Hall–Kier alpha value is -0.660. The van der Waals surface area contributed by atoms with Crippen LogP contribution in [-0.4, -0.2) is 16.9 Å². The summed E-state index contributed by atoms with van der Waals surface area (Å²) in [6.45, 7) is 0.851. The van der Waals surface area contributed by atoms with Crippen molar-refractivity contribution in [1.82, 2.24) is 0 Å². The van der Waals surface area contributed by atoms with Crippen molar-refractivity contribution in [1.29, 1.82) is 0 Å². The standard InChI is InChI=1S/C15H24N2S2/c18-14-16-12-10-8-6-4-2-1-3-5-7-9-11-13-17-15-19/h10,12H,1-9,11,13H2. The minimum absolute atomic E-state index is 0.851. The highest BCUT2D eigenvalue weighted by Gasteiger charge is 1.92. The van der Waals surface area contributed by atoms with E-state index in [-0.39, 0.29) is 0 Å². The molecule has 0 radical (unpaired) electrons. The summed E-state index contributed by atoms with van der Waals surface area (Å²) >= 11 is 8.99. The van der Waals surface area contributed by atoms with E-state index >= 15 is 0 Å². The van der Waals surface area contributed by atoms with Gasteiger partial charge < -0.3 is 0 Å². The highest BCUT2D eigenvalue weighted by atomic mass is 32.1. The Labute approximate surface area is 128 Å². The maximum Gasteiger partial charge on any atom is 0.0634 e. The van der Waals surface area contributed by atoms with Crippen molar-refractivity contribution in [2.45, 2.75) is 64.2 Å². The predicted octanol–water partition coefficient (Wildman–Crippen LogP) is 5.61. The highest BCUT2D eigenvalue weighted by Crippen LogP contribution is 2.10. The van der Waals surface area contributed by atoms with Crippen LogP contribution in [0.1, 0.15) is 64.2 Å². The minimum Gasteiger partial charge on any atom is -0.233 e. The molecule has 0 unspecified atom stereocenters. The second-order valence-corrected chi connectivity index (χ2v) is 4.91. The fourth-order valence-electron chi connectivity index (χ4n) is 1.89. The van der Waals surface area contributed by atoms with Gasteiger partial charge in [0.2, 0.25) is 0 Å². The summed E-state index contributed by atoms with van der Waals surface area (Å²) in [5, 5.41) is 4.72. The average Bonchev–Trinajstić information content (AvgIpc) is 2.43. The van der Waals surface area contributed by atoms with Crippen molar-refractivity contribution in [3.8, 4) is 0 Å². The van der Waals surface area contributed by atoms with Crippen molar-refractivity contribution in [3.63, 3.8) is 0 Å². The zero-order valence-electron chi connectivity index (χ0n) is 11.6. The summed E-state index contributed by atoms with van der Waals surface area (Å²) in [6, 6.07) is 0. The lowest BCUT2D eigenvalue weighted by molar-refractivity contribution is 0.562. The Morgan fingerprint density at radius 2 is 1.32 bits per heavy atom. The van der Waals surface area contributed by atoms with Crippen LogP contribution >= 0.6 is 24.4 Å². The number of unbranched alkanes of at least 4 members (excludes halogenated alkanes) is 9. The topological polar surface area (TPSA) is 24.7 Å².